The quantitative estimate of drug-likeness (QED) is 0.444. The van der Waals surface area contributed by atoms with Crippen LogP contribution in [0, 0.1) is 0 Å². The van der Waals surface area contributed by atoms with E-state index in [0.717, 1.165) is 35.3 Å². The fourth-order valence-electron chi connectivity index (χ4n) is 4.67. The van der Waals surface area contributed by atoms with E-state index < -0.39 is 0 Å². The molecule has 2 heterocycles. The van der Waals surface area contributed by atoms with E-state index in [2.05, 4.69) is 37.5 Å². The zero-order valence-electron chi connectivity index (χ0n) is 18.8. The van der Waals surface area contributed by atoms with E-state index in [1.807, 2.05) is 47.1 Å². The predicted molar refractivity (Wildman–Crippen MR) is 126 cm³/mol. The lowest BCUT2D eigenvalue weighted by molar-refractivity contribution is 0.231. The molecule has 0 radical (unpaired) electrons. The Morgan fingerprint density at radius 1 is 1.06 bits per heavy atom. The van der Waals surface area contributed by atoms with E-state index in [-0.39, 0.29) is 5.56 Å². The lowest BCUT2D eigenvalue weighted by atomic mass is 10.1. The van der Waals surface area contributed by atoms with Crippen LogP contribution in [-0.2, 0) is 19.6 Å². The topological polar surface area (TPSA) is 88.9 Å². The van der Waals surface area contributed by atoms with E-state index in [1.165, 1.54) is 18.4 Å². The third-order valence-electron chi connectivity index (χ3n) is 6.37. The molecule has 2 aromatic heterocycles. The summed E-state index contributed by atoms with van der Waals surface area (Å²) in [6.45, 7) is 1.73. The van der Waals surface area contributed by atoms with Crippen molar-refractivity contribution in [3.63, 3.8) is 0 Å². The number of aromatic nitrogens is 5. The largest absolute Gasteiger partial charge is 0.497 e. The minimum atomic E-state index is -0.0823. The number of fused-ring (bicyclic) bond motifs is 1. The molecule has 1 saturated carbocycles. The number of rotatable bonds is 8. The molecule has 170 valence electrons. The first kappa shape index (κ1) is 21.3. The zero-order valence-corrected chi connectivity index (χ0v) is 18.8. The lowest BCUT2D eigenvalue weighted by Crippen LogP contribution is -2.28. The van der Waals surface area contributed by atoms with Crippen LogP contribution >= 0.6 is 0 Å². The van der Waals surface area contributed by atoms with E-state index >= 15 is 0 Å². The summed E-state index contributed by atoms with van der Waals surface area (Å²) in [5, 5.41) is 13.5. The Balaban J connectivity index is 1.45. The molecule has 0 spiro atoms. The van der Waals surface area contributed by atoms with Crippen molar-refractivity contribution in [2.24, 2.45) is 0 Å². The van der Waals surface area contributed by atoms with E-state index in [1.54, 1.807) is 7.11 Å². The van der Waals surface area contributed by atoms with Gasteiger partial charge < -0.3 is 9.72 Å². The molecule has 8 nitrogen and oxygen atoms in total. The number of nitrogens with one attached hydrogen (secondary N) is 1. The molecule has 2 aromatic carbocycles. The maximum absolute atomic E-state index is 12.9. The van der Waals surface area contributed by atoms with Crippen molar-refractivity contribution >= 4 is 10.9 Å². The molecule has 0 amide bonds. The summed E-state index contributed by atoms with van der Waals surface area (Å²) in [5.74, 6) is 1.61. The predicted octanol–water partition coefficient (Wildman–Crippen LogP) is 3.84. The second kappa shape index (κ2) is 9.54. The van der Waals surface area contributed by atoms with Gasteiger partial charge in [0, 0.05) is 29.6 Å². The molecule has 0 saturated heterocycles. The molecule has 0 bridgehead atoms. The van der Waals surface area contributed by atoms with Crippen LogP contribution in [0.1, 0.15) is 48.7 Å². The van der Waals surface area contributed by atoms with Gasteiger partial charge in [0.15, 0.2) is 5.82 Å². The Hall–Kier alpha value is -3.52. The summed E-state index contributed by atoms with van der Waals surface area (Å²) in [6.07, 6.45) is 4.66. The van der Waals surface area contributed by atoms with Gasteiger partial charge in [0.2, 0.25) is 0 Å². The van der Waals surface area contributed by atoms with Crippen molar-refractivity contribution in [2.45, 2.75) is 51.4 Å². The average molecular weight is 445 g/mol. The highest BCUT2D eigenvalue weighted by Gasteiger charge is 2.23. The maximum Gasteiger partial charge on any atom is 0.252 e. The highest BCUT2D eigenvalue weighted by molar-refractivity contribution is 5.80. The third-order valence-corrected chi connectivity index (χ3v) is 6.37. The van der Waals surface area contributed by atoms with Crippen LogP contribution in [0.3, 0.4) is 0 Å². The van der Waals surface area contributed by atoms with Gasteiger partial charge >= 0.3 is 0 Å². The number of aromatic amines is 1. The molecule has 8 heteroatoms. The number of benzene rings is 2. The van der Waals surface area contributed by atoms with E-state index in [0.29, 0.717) is 31.2 Å². The number of pyridine rings is 1. The molecule has 1 aliphatic carbocycles. The smallest absolute Gasteiger partial charge is 0.252 e. The Kier molecular flexibility index (Phi) is 6.17. The first-order chi connectivity index (χ1) is 16.2. The monoisotopic (exact) mass is 444 g/mol. The van der Waals surface area contributed by atoms with Gasteiger partial charge in [0.1, 0.15) is 5.75 Å². The summed E-state index contributed by atoms with van der Waals surface area (Å²) in [5.41, 5.74) is 2.59. The van der Waals surface area contributed by atoms with Gasteiger partial charge in [-0.2, -0.15) is 0 Å². The maximum atomic E-state index is 12.9. The van der Waals surface area contributed by atoms with Gasteiger partial charge in [-0.25, -0.2) is 4.68 Å². The molecule has 4 aromatic rings. The second-order valence-electron chi connectivity index (χ2n) is 8.69. The number of methoxy groups -OCH3 is 1. The fourth-order valence-corrected chi connectivity index (χ4v) is 4.67. The number of hydrogen-bond donors (Lipinski definition) is 1. The molecule has 1 fully saturated rings. The van der Waals surface area contributed by atoms with Crippen molar-refractivity contribution in [2.75, 3.05) is 7.11 Å². The summed E-state index contributed by atoms with van der Waals surface area (Å²) in [7, 11) is 1.64. The molecule has 0 aliphatic heterocycles. The van der Waals surface area contributed by atoms with Crippen LogP contribution in [0.25, 0.3) is 10.9 Å². The molecule has 5 rings (SSSR count). The van der Waals surface area contributed by atoms with Crippen molar-refractivity contribution in [1.82, 2.24) is 30.1 Å². The number of ether oxygens (including phenoxy) is 1. The van der Waals surface area contributed by atoms with Crippen LogP contribution < -0.4 is 10.3 Å². The van der Waals surface area contributed by atoms with Crippen LogP contribution in [-0.4, -0.2) is 37.2 Å². The molecule has 1 aliphatic rings. The molecule has 33 heavy (non-hydrogen) atoms. The van der Waals surface area contributed by atoms with Gasteiger partial charge in [-0.3, -0.25) is 9.69 Å². The Bertz CT molecular complexity index is 1280. The van der Waals surface area contributed by atoms with E-state index in [4.69, 9.17) is 4.74 Å². The number of tetrazole rings is 1. The van der Waals surface area contributed by atoms with Gasteiger partial charge in [-0.05, 0) is 53.1 Å². The third kappa shape index (κ3) is 4.80. The van der Waals surface area contributed by atoms with Crippen LogP contribution in [0.4, 0.5) is 0 Å². The summed E-state index contributed by atoms with van der Waals surface area (Å²) in [6, 6.07) is 18.3. The van der Waals surface area contributed by atoms with Crippen molar-refractivity contribution < 1.29 is 4.74 Å². The fraction of sp³-hybridized carbons (Fsp3) is 0.360. The number of H-pyrrole nitrogens is 1. The minimum absolute atomic E-state index is 0.0823. The molecular weight excluding hydrogens is 416 g/mol. The Labute approximate surface area is 192 Å². The number of hydrogen-bond acceptors (Lipinski definition) is 6. The zero-order chi connectivity index (χ0) is 22.6. The molecule has 0 unspecified atom stereocenters. The normalized spacial score (nSPS) is 14.4. The first-order valence-electron chi connectivity index (χ1n) is 11.4. The average Bonchev–Trinajstić information content (AvgIpc) is 3.52. The lowest BCUT2D eigenvalue weighted by Gasteiger charge is -2.23. The van der Waals surface area contributed by atoms with Gasteiger partial charge in [0.05, 0.1) is 19.7 Å². The van der Waals surface area contributed by atoms with Crippen molar-refractivity contribution in [3.8, 4) is 5.75 Å². The van der Waals surface area contributed by atoms with Crippen LogP contribution in [0.15, 0.2) is 59.4 Å². The molecule has 1 N–H and O–H groups in total. The molecular formula is C25H28N6O2. The van der Waals surface area contributed by atoms with Crippen LogP contribution in [0.2, 0.25) is 0 Å². The highest BCUT2D eigenvalue weighted by Crippen LogP contribution is 2.29. The van der Waals surface area contributed by atoms with Crippen LogP contribution in [0.5, 0.6) is 5.75 Å². The summed E-state index contributed by atoms with van der Waals surface area (Å²) >= 11 is 0. The highest BCUT2D eigenvalue weighted by atomic mass is 16.5. The Morgan fingerprint density at radius 2 is 1.88 bits per heavy atom. The minimum Gasteiger partial charge on any atom is -0.497 e. The van der Waals surface area contributed by atoms with Crippen molar-refractivity contribution in [1.29, 1.82) is 0 Å². The van der Waals surface area contributed by atoms with Gasteiger partial charge in [0.25, 0.3) is 5.56 Å². The Morgan fingerprint density at radius 3 is 2.67 bits per heavy atom. The summed E-state index contributed by atoms with van der Waals surface area (Å²) in [4.78, 5) is 18.1. The molecule has 0 atom stereocenters. The second-order valence-corrected chi connectivity index (χ2v) is 8.69. The summed E-state index contributed by atoms with van der Waals surface area (Å²) < 4.78 is 7.34. The number of nitrogens with zero attached hydrogens (tertiary/aromatic N) is 5. The van der Waals surface area contributed by atoms with Gasteiger partial charge in [-0.15, -0.1) is 5.10 Å². The SMILES string of the molecule is COc1ccc2[nH]c(=O)c(CN(Cc3ccccc3)Cc3nnnn3C3CCCC3)cc2c1. The van der Waals surface area contributed by atoms with E-state index in [9.17, 15) is 4.79 Å². The first-order valence-corrected chi connectivity index (χ1v) is 11.4. The van der Waals surface area contributed by atoms with Crippen molar-refractivity contribution in [3.05, 3.63) is 81.9 Å². The standard InChI is InChI=1S/C25H28N6O2/c1-33-22-11-12-23-19(14-22)13-20(25(32)26-23)16-30(15-18-7-3-2-4-8-18)17-24-27-28-29-31(24)21-9-5-6-10-21/h2-4,7-8,11-14,21H,5-6,9-10,15-17H2,1H3,(H,26,32). The van der Waals surface area contributed by atoms with Gasteiger partial charge in [-0.1, -0.05) is 43.2 Å².